The van der Waals surface area contributed by atoms with Crippen LogP contribution in [0.2, 0.25) is 0 Å². The van der Waals surface area contributed by atoms with Gasteiger partial charge in [0.1, 0.15) is 0 Å². The SMILES string of the molecule is C=C/C(Br)=C/C(C)O. The van der Waals surface area contributed by atoms with E-state index in [0.717, 1.165) is 4.48 Å². The van der Waals surface area contributed by atoms with E-state index in [1.807, 2.05) is 0 Å². The lowest BCUT2D eigenvalue weighted by atomic mass is 10.3. The Morgan fingerprint density at radius 2 is 2.38 bits per heavy atom. The maximum atomic E-state index is 8.70. The summed E-state index contributed by atoms with van der Waals surface area (Å²) in [5.41, 5.74) is 0. The molecule has 0 amide bonds. The topological polar surface area (TPSA) is 20.2 Å². The van der Waals surface area contributed by atoms with Gasteiger partial charge >= 0.3 is 0 Å². The number of hydrogen-bond donors (Lipinski definition) is 1. The zero-order valence-electron chi connectivity index (χ0n) is 4.76. The van der Waals surface area contributed by atoms with Crippen LogP contribution in [0.25, 0.3) is 0 Å². The van der Waals surface area contributed by atoms with Crippen LogP contribution in [0.15, 0.2) is 23.2 Å². The van der Waals surface area contributed by atoms with Gasteiger partial charge in [-0.15, -0.1) is 0 Å². The minimum atomic E-state index is -0.401. The molecule has 0 aromatic heterocycles. The molecule has 1 atom stereocenters. The summed E-state index contributed by atoms with van der Waals surface area (Å²) in [6.45, 7) is 5.17. The molecule has 2 heteroatoms. The highest BCUT2D eigenvalue weighted by Crippen LogP contribution is 2.05. The van der Waals surface area contributed by atoms with Gasteiger partial charge in [-0.05, 0) is 13.0 Å². The number of halogens is 1. The van der Waals surface area contributed by atoms with Crippen LogP contribution in [0, 0.1) is 0 Å². The van der Waals surface area contributed by atoms with E-state index in [-0.39, 0.29) is 0 Å². The molecule has 0 bridgehead atoms. The van der Waals surface area contributed by atoms with Crippen molar-refractivity contribution in [3.8, 4) is 0 Å². The highest BCUT2D eigenvalue weighted by atomic mass is 79.9. The second-order valence-corrected chi connectivity index (χ2v) is 2.41. The van der Waals surface area contributed by atoms with Crippen LogP contribution in [-0.4, -0.2) is 11.2 Å². The Balaban J connectivity index is 3.74. The van der Waals surface area contributed by atoms with Crippen molar-refractivity contribution in [1.82, 2.24) is 0 Å². The first-order valence-electron chi connectivity index (χ1n) is 2.34. The molecule has 0 aromatic rings. The summed E-state index contributed by atoms with van der Waals surface area (Å²) in [4.78, 5) is 0. The summed E-state index contributed by atoms with van der Waals surface area (Å²) in [6.07, 6.45) is 2.89. The highest BCUT2D eigenvalue weighted by molar-refractivity contribution is 9.11. The van der Waals surface area contributed by atoms with Gasteiger partial charge in [-0.2, -0.15) is 0 Å². The summed E-state index contributed by atoms with van der Waals surface area (Å²) in [7, 11) is 0. The van der Waals surface area contributed by atoms with E-state index in [1.54, 1.807) is 19.1 Å². The summed E-state index contributed by atoms with van der Waals surface area (Å²) < 4.78 is 0.826. The molecular weight excluding hydrogens is 168 g/mol. The average molecular weight is 177 g/mol. The third kappa shape index (κ3) is 4.09. The second kappa shape index (κ2) is 3.87. The van der Waals surface area contributed by atoms with Crippen LogP contribution in [0.1, 0.15) is 6.92 Å². The lowest BCUT2D eigenvalue weighted by Crippen LogP contribution is -1.91. The van der Waals surface area contributed by atoms with Gasteiger partial charge in [-0.3, -0.25) is 0 Å². The molecule has 1 N–H and O–H groups in total. The molecule has 46 valence electrons. The Labute approximate surface area is 57.8 Å². The lowest BCUT2D eigenvalue weighted by molar-refractivity contribution is 0.244. The van der Waals surface area contributed by atoms with Crippen molar-refractivity contribution in [3.63, 3.8) is 0 Å². The normalized spacial score (nSPS) is 15.6. The summed E-state index contributed by atoms with van der Waals surface area (Å²) in [5, 5.41) is 8.70. The van der Waals surface area contributed by atoms with Crippen LogP contribution < -0.4 is 0 Å². The third-order valence-corrected chi connectivity index (χ3v) is 1.18. The maximum absolute atomic E-state index is 8.70. The van der Waals surface area contributed by atoms with Crippen molar-refractivity contribution >= 4 is 15.9 Å². The third-order valence-electron chi connectivity index (χ3n) is 0.595. The minimum Gasteiger partial charge on any atom is -0.389 e. The van der Waals surface area contributed by atoms with Gasteiger partial charge in [0.25, 0.3) is 0 Å². The van der Waals surface area contributed by atoms with Gasteiger partial charge in [0.2, 0.25) is 0 Å². The number of rotatable bonds is 2. The lowest BCUT2D eigenvalue weighted by Gasteiger charge is -1.92. The molecule has 0 aliphatic rings. The number of aliphatic hydroxyl groups is 1. The molecule has 0 heterocycles. The van der Waals surface area contributed by atoms with Crippen molar-refractivity contribution in [2.45, 2.75) is 13.0 Å². The van der Waals surface area contributed by atoms with Gasteiger partial charge in [-0.25, -0.2) is 0 Å². The fraction of sp³-hybridized carbons (Fsp3) is 0.333. The first kappa shape index (κ1) is 7.92. The molecule has 0 saturated carbocycles. The van der Waals surface area contributed by atoms with Crippen molar-refractivity contribution < 1.29 is 5.11 Å². The van der Waals surface area contributed by atoms with Crippen LogP contribution in [-0.2, 0) is 0 Å². The van der Waals surface area contributed by atoms with Crippen molar-refractivity contribution in [2.24, 2.45) is 0 Å². The zero-order valence-corrected chi connectivity index (χ0v) is 6.35. The molecule has 0 aliphatic heterocycles. The standard InChI is InChI=1S/C6H9BrO/c1-3-6(7)4-5(2)8/h3-5,8H,1H2,2H3/b6-4-. The first-order valence-corrected chi connectivity index (χ1v) is 3.14. The maximum Gasteiger partial charge on any atom is 0.0706 e. The van der Waals surface area contributed by atoms with E-state index in [2.05, 4.69) is 22.5 Å². The second-order valence-electron chi connectivity index (χ2n) is 1.50. The number of hydrogen-bond acceptors (Lipinski definition) is 1. The van der Waals surface area contributed by atoms with Crippen LogP contribution in [0.3, 0.4) is 0 Å². The summed E-state index contributed by atoms with van der Waals surface area (Å²) in [5.74, 6) is 0. The van der Waals surface area contributed by atoms with E-state index in [9.17, 15) is 0 Å². The molecule has 0 spiro atoms. The highest BCUT2D eigenvalue weighted by Gasteiger charge is 1.87. The average Bonchev–Trinajstić information content (AvgIpc) is 1.65. The van der Waals surface area contributed by atoms with E-state index < -0.39 is 6.10 Å². The van der Waals surface area contributed by atoms with Gasteiger partial charge < -0.3 is 5.11 Å². The van der Waals surface area contributed by atoms with Crippen LogP contribution in [0.5, 0.6) is 0 Å². The fourth-order valence-corrected chi connectivity index (χ4v) is 0.681. The smallest absolute Gasteiger partial charge is 0.0706 e. The molecule has 0 aromatic carbocycles. The fourth-order valence-electron chi connectivity index (χ4n) is 0.298. The van der Waals surface area contributed by atoms with Crippen LogP contribution in [0.4, 0.5) is 0 Å². The van der Waals surface area contributed by atoms with E-state index >= 15 is 0 Å². The van der Waals surface area contributed by atoms with Crippen molar-refractivity contribution in [3.05, 3.63) is 23.2 Å². The Hall–Kier alpha value is -0.0800. The number of allylic oxidation sites excluding steroid dienone is 2. The van der Waals surface area contributed by atoms with Gasteiger partial charge in [0.05, 0.1) is 6.10 Å². The Morgan fingerprint density at radius 1 is 1.88 bits per heavy atom. The van der Waals surface area contributed by atoms with E-state index in [1.165, 1.54) is 0 Å². The first-order chi connectivity index (χ1) is 3.66. The van der Waals surface area contributed by atoms with Gasteiger partial charge in [0, 0.05) is 4.48 Å². The quantitative estimate of drug-likeness (QED) is 0.638. The molecule has 1 nitrogen and oxygen atoms in total. The van der Waals surface area contributed by atoms with Crippen molar-refractivity contribution in [2.75, 3.05) is 0 Å². The molecule has 0 fully saturated rings. The number of aliphatic hydroxyl groups excluding tert-OH is 1. The molecule has 8 heavy (non-hydrogen) atoms. The molecule has 0 aliphatic carbocycles. The largest absolute Gasteiger partial charge is 0.389 e. The van der Waals surface area contributed by atoms with Gasteiger partial charge in [-0.1, -0.05) is 28.6 Å². The Morgan fingerprint density at radius 3 is 2.50 bits per heavy atom. The van der Waals surface area contributed by atoms with Crippen LogP contribution >= 0.6 is 15.9 Å². The molecule has 0 rings (SSSR count). The molecular formula is C6H9BrO. The monoisotopic (exact) mass is 176 g/mol. The van der Waals surface area contributed by atoms with Crippen molar-refractivity contribution in [1.29, 1.82) is 0 Å². The summed E-state index contributed by atoms with van der Waals surface area (Å²) in [6, 6.07) is 0. The predicted octanol–water partition coefficient (Wildman–Crippen LogP) is 1.83. The van der Waals surface area contributed by atoms with Gasteiger partial charge in [0.15, 0.2) is 0 Å². The molecule has 0 radical (unpaired) electrons. The minimum absolute atomic E-state index is 0.401. The summed E-state index contributed by atoms with van der Waals surface area (Å²) >= 11 is 3.16. The Bertz CT molecular complexity index is 105. The molecule has 1 unspecified atom stereocenters. The predicted molar refractivity (Wildman–Crippen MR) is 38.9 cm³/mol. The van der Waals surface area contributed by atoms with E-state index in [0.29, 0.717) is 0 Å². The van der Waals surface area contributed by atoms with E-state index in [4.69, 9.17) is 5.11 Å². The Kier molecular flexibility index (Phi) is 3.83. The zero-order chi connectivity index (χ0) is 6.57. The molecule has 0 saturated heterocycles.